The fourth-order valence-corrected chi connectivity index (χ4v) is 1.63. The SMILES string of the molecule is CC(O)C[C@@H]1C[C@H](O)[C@@H](O)/C=C/C=C\C(=O)O1. The van der Waals surface area contributed by atoms with Gasteiger partial charge in [0, 0.05) is 18.9 Å². The molecule has 0 aromatic carbocycles. The quantitative estimate of drug-likeness (QED) is 0.589. The molecule has 0 saturated heterocycles. The summed E-state index contributed by atoms with van der Waals surface area (Å²) in [6.45, 7) is 1.57. The Morgan fingerprint density at radius 1 is 1.47 bits per heavy atom. The van der Waals surface area contributed by atoms with Crippen LogP contribution in [0.5, 0.6) is 0 Å². The van der Waals surface area contributed by atoms with Crippen LogP contribution in [0.4, 0.5) is 0 Å². The Morgan fingerprint density at radius 3 is 2.82 bits per heavy atom. The van der Waals surface area contributed by atoms with Crippen molar-refractivity contribution in [1.29, 1.82) is 0 Å². The van der Waals surface area contributed by atoms with Crippen molar-refractivity contribution in [2.24, 2.45) is 0 Å². The number of hydrogen-bond acceptors (Lipinski definition) is 5. The molecule has 0 aliphatic carbocycles. The number of carbonyl (C=O) groups excluding carboxylic acids is 1. The van der Waals surface area contributed by atoms with Crippen LogP contribution in [-0.2, 0) is 9.53 Å². The van der Waals surface area contributed by atoms with E-state index in [1.807, 2.05) is 0 Å². The van der Waals surface area contributed by atoms with Gasteiger partial charge in [0.05, 0.1) is 18.3 Å². The van der Waals surface area contributed by atoms with Gasteiger partial charge in [-0.15, -0.1) is 0 Å². The summed E-state index contributed by atoms with van der Waals surface area (Å²) in [5, 5.41) is 28.5. The Kier molecular flexibility index (Phi) is 5.34. The second kappa shape index (κ2) is 6.54. The Balaban J connectivity index is 2.75. The van der Waals surface area contributed by atoms with E-state index in [1.165, 1.54) is 24.3 Å². The zero-order valence-corrected chi connectivity index (χ0v) is 9.69. The van der Waals surface area contributed by atoms with Crippen LogP contribution >= 0.6 is 0 Å². The molecule has 4 atom stereocenters. The van der Waals surface area contributed by atoms with Crippen LogP contribution < -0.4 is 0 Å². The number of hydrogen-bond donors (Lipinski definition) is 3. The Bertz CT molecular complexity index is 308. The number of rotatable bonds is 2. The van der Waals surface area contributed by atoms with Gasteiger partial charge in [-0.25, -0.2) is 4.79 Å². The zero-order valence-electron chi connectivity index (χ0n) is 9.69. The number of esters is 1. The van der Waals surface area contributed by atoms with Gasteiger partial charge in [0.2, 0.25) is 0 Å². The second-order valence-corrected chi connectivity index (χ2v) is 4.18. The van der Waals surface area contributed by atoms with Crippen LogP contribution in [0.25, 0.3) is 0 Å². The molecule has 1 unspecified atom stereocenters. The van der Waals surface area contributed by atoms with Crippen molar-refractivity contribution in [2.75, 3.05) is 0 Å². The fraction of sp³-hybridized carbons (Fsp3) is 0.583. The molecule has 5 heteroatoms. The van der Waals surface area contributed by atoms with Gasteiger partial charge in [-0.1, -0.05) is 18.2 Å². The lowest BCUT2D eigenvalue weighted by molar-refractivity contribution is -0.146. The molecular formula is C12H18O5. The number of ether oxygens (including phenoxy) is 1. The summed E-state index contributed by atoms with van der Waals surface area (Å²) in [5.74, 6) is -0.524. The molecule has 1 aliphatic heterocycles. The van der Waals surface area contributed by atoms with Crippen molar-refractivity contribution >= 4 is 5.97 Å². The van der Waals surface area contributed by atoms with E-state index >= 15 is 0 Å². The van der Waals surface area contributed by atoms with Crippen LogP contribution in [0, 0.1) is 0 Å². The van der Waals surface area contributed by atoms with Crippen molar-refractivity contribution < 1.29 is 24.9 Å². The van der Waals surface area contributed by atoms with Gasteiger partial charge in [-0.05, 0) is 6.92 Å². The summed E-state index contributed by atoms with van der Waals surface area (Å²) >= 11 is 0. The first kappa shape index (κ1) is 13.9. The van der Waals surface area contributed by atoms with Crippen molar-refractivity contribution in [3.63, 3.8) is 0 Å². The van der Waals surface area contributed by atoms with Gasteiger partial charge in [0.25, 0.3) is 0 Å². The smallest absolute Gasteiger partial charge is 0.331 e. The average molecular weight is 242 g/mol. The highest BCUT2D eigenvalue weighted by Gasteiger charge is 2.23. The molecule has 1 heterocycles. The molecule has 3 N–H and O–H groups in total. The molecule has 0 amide bonds. The first-order valence-corrected chi connectivity index (χ1v) is 5.58. The van der Waals surface area contributed by atoms with Gasteiger partial charge in [-0.3, -0.25) is 0 Å². The Hall–Kier alpha value is -1.17. The predicted molar refractivity (Wildman–Crippen MR) is 61.1 cm³/mol. The molecule has 0 spiro atoms. The van der Waals surface area contributed by atoms with Crippen molar-refractivity contribution in [3.8, 4) is 0 Å². The van der Waals surface area contributed by atoms with E-state index in [0.717, 1.165) is 0 Å². The second-order valence-electron chi connectivity index (χ2n) is 4.18. The van der Waals surface area contributed by atoms with E-state index in [9.17, 15) is 20.1 Å². The van der Waals surface area contributed by atoms with E-state index < -0.39 is 30.4 Å². The summed E-state index contributed by atoms with van der Waals surface area (Å²) in [7, 11) is 0. The summed E-state index contributed by atoms with van der Waals surface area (Å²) in [6, 6.07) is 0. The third-order valence-electron chi connectivity index (χ3n) is 2.44. The lowest BCUT2D eigenvalue weighted by Gasteiger charge is -2.23. The minimum Gasteiger partial charge on any atom is -0.459 e. The van der Waals surface area contributed by atoms with E-state index in [4.69, 9.17) is 4.74 Å². The zero-order chi connectivity index (χ0) is 12.8. The molecule has 1 aliphatic rings. The first-order valence-electron chi connectivity index (χ1n) is 5.58. The molecule has 0 bridgehead atoms. The standard InChI is InChI=1S/C12H18O5/c1-8(13)6-9-7-11(15)10(14)4-2-3-5-12(16)17-9/h2-5,8-11,13-15H,6-7H2,1H3/b4-2+,5-3-/t8?,9-,10+,11+/m1/s1. The lowest BCUT2D eigenvalue weighted by atomic mass is 10.0. The van der Waals surface area contributed by atoms with Gasteiger partial charge < -0.3 is 20.1 Å². The van der Waals surface area contributed by atoms with E-state index in [0.29, 0.717) is 0 Å². The highest BCUT2D eigenvalue weighted by molar-refractivity contribution is 5.82. The largest absolute Gasteiger partial charge is 0.459 e. The minimum atomic E-state index is -1.02. The number of aliphatic hydroxyl groups is 3. The predicted octanol–water partition coefficient (Wildman–Crippen LogP) is -0.0930. The molecule has 17 heavy (non-hydrogen) atoms. The summed E-state index contributed by atoms with van der Waals surface area (Å²) < 4.78 is 5.07. The summed E-state index contributed by atoms with van der Waals surface area (Å²) in [4.78, 5) is 11.3. The number of carbonyl (C=O) groups is 1. The van der Waals surface area contributed by atoms with Crippen molar-refractivity contribution in [2.45, 2.75) is 44.2 Å². The highest BCUT2D eigenvalue weighted by atomic mass is 16.5. The molecule has 0 aromatic rings. The summed E-state index contributed by atoms with van der Waals surface area (Å²) in [5.41, 5.74) is 0. The lowest BCUT2D eigenvalue weighted by Crippen LogP contribution is -2.32. The average Bonchev–Trinajstić information content (AvgIpc) is 2.21. The molecule has 0 aromatic heterocycles. The Morgan fingerprint density at radius 2 is 2.18 bits per heavy atom. The maximum Gasteiger partial charge on any atom is 0.331 e. The van der Waals surface area contributed by atoms with Crippen molar-refractivity contribution in [1.82, 2.24) is 0 Å². The van der Waals surface area contributed by atoms with Crippen LogP contribution in [0.2, 0.25) is 0 Å². The molecule has 0 saturated carbocycles. The number of allylic oxidation sites excluding steroid dienone is 2. The van der Waals surface area contributed by atoms with Crippen molar-refractivity contribution in [3.05, 3.63) is 24.3 Å². The van der Waals surface area contributed by atoms with Crippen LogP contribution in [0.15, 0.2) is 24.3 Å². The minimum absolute atomic E-state index is 0.0932. The Labute approximate surface area is 100 Å². The van der Waals surface area contributed by atoms with Gasteiger partial charge >= 0.3 is 5.97 Å². The molecule has 0 radical (unpaired) electrons. The molecular weight excluding hydrogens is 224 g/mol. The normalized spacial score (nSPS) is 35.8. The third kappa shape index (κ3) is 5.12. The van der Waals surface area contributed by atoms with E-state index in [1.54, 1.807) is 6.92 Å². The van der Waals surface area contributed by atoms with Gasteiger partial charge in [0.1, 0.15) is 6.10 Å². The topological polar surface area (TPSA) is 87.0 Å². The number of cyclic esters (lactones) is 1. The molecule has 96 valence electrons. The molecule has 1 rings (SSSR count). The third-order valence-corrected chi connectivity index (χ3v) is 2.44. The first-order chi connectivity index (χ1) is 7.99. The fourth-order valence-electron chi connectivity index (χ4n) is 1.63. The maximum absolute atomic E-state index is 11.3. The van der Waals surface area contributed by atoms with Gasteiger partial charge in [0.15, 0.2) is 0 Å². The van der Waals surface area contributed by atoms with Crippen LogP contribution in [0.3, 0.4) is 0 Å². The van der Waals surface area contributed by atoms with Crippen LogP contribution in [-0.4, -0.2) is 45.7 Å². The maximum atomic E-state index is 11.3. The molecule has 0 fully saturated rings. The molecule has 5 nitrogen and oxygen atoms in total. The highest BCUT2D eigenvalue weighted by Crippen LogP contribution is 2.14. The van der Waals surface area contributed by atoms with E-state index in [2.05, 4.69) is 0 Å². The monoisotopic (exact) mass is 242 g/mol. The number of aliphatic hydroxyl groups excluding tert-OH is 3. The van der Waals surface area contributed by atoms with Gasteiger partial charge in [-0.2, -0.15) is 0 Å². The summed E-state index contributed by atoms with van der Waals surface area (Å²) in [6.07, 6.45) is 2.59. The van der Waals surface area contributed by atoms with Crippen LogP contribution in [0.1, 0.15) is 19.8 Å². The van der Waals surface area contributed by atoms with E-state index in [-0.39, 0.29) is 12.8 Å².